The normalized spacial score (nSPS) is 11.7. The number of hydrogen-bond donors (Lipinski definition) is 0. The minimum atomic E-state index is 1.26. The van der Waals surface area contributed by atoms with Gasteiger partial charge in [0.15, 0.2) is 0 Å². The average molecular weight is 481 g/mol. The van der Waals surface area contributed by atoms with Gasteiger partial charge in [-0.25, -0.2) is 0 Å². The first-order valence-electron chi connectivity index (χ1n) is 13.2. The van der Waals surface area contributed by atoms with Gasteiger partial charge >= 0.3 is 0 Å². The van der Waals surface area contributed by atoms with Gasteiger partial charge in [0.1, 0.15) is 0 Å². The van der Waals surface area contributed by atoms with E-state index in [9.17, 15) is 0 Å². The number of fused-ring (bicyclic) bond motifs is 9. The maximum absolute atomic E-state index is 2.44. The van der Waals surface area contributed by atoms with Gasteiger partial charge in [0.2, 0.25) is 0 Å². The molecule has 0 atom stereocenters. The lowest BCUT2D eigenvalue weighted by Gasteiger charge is -2.18. The van der Waals surface area contributed by atoms with Crippen LogP contribution in [0.15, 0.2) is 146 Å². The third-order valence-electron chi connectivity index (χ3n) is 8.05. The average Bonchev–Trinajstić information content (AvgIpc) is 3.00. The molecule has 0 aliphatic carbocycles. The molecule has 176 valence electrons. The molecule has 8 aromatic carbocycles. The Morgan fingerprint density at radius 2 is 0.658 bits per heavy atom. The summed E-state index contributed by atoms with van der Waals surface area (Å²) in [5.74, 6) is 0. The zero-order valence-electron chi connectivity index (χ0n) is 20.9. The quantitative estimate of drug-likeness (QED) is 0.216. The topological polar surface area (TPSA) is 0 Å². The van der Waals surface area contributed by atoms with Crippen molar-refractivity contribution in [2.45, 2.75) is 0 Å². The summed E-state index contributed by atoms with van der Waals surface area (Å²) in [5.41, 5.74) is 5.07. The van der Waals surface area contributed by atoms with Crippen LogP contribution in [-0.2, 0) is 0 Å². The zero-order chi connectivity index (χ0) is 25.1. The Labute approximate surface area is 221 Å². The van der Waals surface area contributed by atoms with Gasteiger partial charge < -0.3 is 0 Å². The highest BCUT2D eigenvalue weighted by atomic mass is 14.2. The summed E-state index contributed by atoms with van der Waals surface area (Å²) >= 11 is 0. The van der Waals surface area contributed by atoms with Crippen molar-refractivity contribution < 1.29 is 0 Å². The second kappa shape index (κ2) is 8.30. The Kier molecular flexibility index (Phi) is 4.62. The van der Waals surface area contributed by atoms with Gasteiger partial charge in [-0.3, -0.25) is 0 Å². The van der Waals surface area contributed by atoms with Crippen LogP contribution < -0.4 is 0 Å². The summed E-state index contributed by atoms with van der Waals surface area (Å²) in [7, 11) is 0. The van der Waals surface area contributed by atoms with E-state index in [1.165, 1.54) is 76.1 Å². The van der Waals surface area contributed by atoms with Crippen LogP contribution in [-0.4, -0.2) is 0 Å². The smallest absolute Gasteiger partial charge is 0.00199 e. The first kappa shape index (κ1) is 21.2. The van der Waals surface area contributed by atoms with Crippen LogP contribution in [0.4, 0.5) is 0 Å². The Hall–Kier alpha value is -4.94. The molecule has 0 aromatic heterocycles. The first-order chi connectivity index (χ1) is 18.9. The van der Waals surface area contributed by atoms with E-state index in [2.05, 4.69) is 146 Å². The Morgan fingerprint density at radius 3 is 1.37 bits per heavy atom. The molecule has 0 spiro atoms. The van der Waals surface area contributed by atoms with Crippen molar-refractivity contribution >= 4 is 53.9 Å². The highest BCUT2D eigenvalue weighted by Gasteiger charge is 2.17. The number of hydrogen-bond acceptors (Lipinski definition) is 0. The molecule has 0 N–H and O–H groups in total. The zero-order valence-corrected chi connectivity index (χ0v) is 20.9. The van der Waals surface area contributed by atoms with E-state index in [1.54, 1.807) is 0 Å². The van der Waals surface area contributed by atoms with E-state index in [0.29, 0.717) is 0 Å². The molecule has 0 aliphatic rings. The molecule has 0 heterocycles. The van der Waals surface area contributed by atoms with Gasteiger partial charge in [-0.15, -0.1) is 0 Å². The van der Waals surface area contributed by atoms with Gasteiger partial charge in [-0.1, -0.05) is 140 Å². The van der Waals surface area contributed by atoms with Crippen molar-refractivity contribution in [1.29, 1.82) is 0 Å². The van der Waals surface area contributed by atoms with Crippen LogP contribution in [0.3, 0.4) is 0 Å². The number of benzene rings is 8. The van der Waals surface area contributed by atoms with Crippen LogP contribution >= 0.6 is 0 Å². The predicted molar refractivity (Wildman–Crippen MR) is 165 cm³/mol. The highest BCUT2D eigenvalue weighted by molar-refractivity contribution is 6.33. The molecule has 0 bridgehead atoms. The SMILES string of the molecule is c1ccc(-c2cc3c4ccccc4c4ccccc4c3c3ccccc23)c(-c2cccc3ccccc23)c1. The maximum Gasteiger partial charge on any atom is -0.00199 e. The minimum Gasteiger partial charge on any atom is -0.0616 e. The Balaban J connectivity index is 1.55. The Morgan fingerprint density at radius 1 is 0.237 bits per heavy atom. The molecule has 0 heteroatoms. The van der Waals surface area contributed by atoms with Crippen LogP contribution in [0.1, 0.15) is 0 Å². The summed E-state index contributed by atoms with van der Waals surface area (Å²) < 4.78 is 0. The molecule has 0 aliphatic heterocycles. The molecule has 0 radical (unpaired) electrons. The molecule has 0 amide bonds. The van der Waals surface area contributed by atoms with Crippen LogP contribution in [0, 0.1) is 0 Å². The van der Waals surface area contributed by atoms with E-state index >= 15 is 0 Å². The second-order valence-electron chi connectivity index (χ2n) is 10.1. The summed E-state index contributed by atoms with van der Waals surface area (Å²) in [6.07, 6.45) is 0. The summed E-state index contributed by atoms with van der Waals surface area (Å²) in [5, 5.41) is 13.0. The second-order valence-corrected chi connectivity index (χ2v) is 10.1. The molecule has 38 heavy (non-hydrogen) atoms. The third kappa shape index (κ3) is 3.04. The van der Waals surface area contributed by atoms with Crippen molar-refractivity contribution in [3.8, 4) is 22.3 Å². The molecular formula is C38H24. The van der Waals surface area contributed by atoms with Crippen LogP contribution in [0.2, 0.25) is 0 Å². The lowest BCUT2D eigenvalue weighted by atomic mass is 9.85. The fraction of sp³-hybridized carbons (Fsp3) is 0. The van der Waals surface area contributed by atoms with E-state index in [1.807, 2.05) is 0 Å². The van der Waals surface area contributed by atoms with Crippen molar-refractivity contribution in [3.05, 3.63) is 146 Å². The number of rotatable bonds is 2. The van der Waals surface area contributed by atoms with Crippen molar-refractivity contribution in [2.24, 2.45) is 0 Å². The molecule has 0 nitrogen and oxygen atoms in total. The van der Waals surface area contributed by atoms with Crippen molar-refractivity contribution in [1.82, 2.24) is 0 Å². The molecule has 8 aromatic rings. The highest BCUT2D eigenvalue weighted by Crippen LogP contribution is 2.45. The lowest BCUT2D eigenvalue weighted by Crippen LogP contribution is -1.91. The predicted octanol–water partition coefficient (Wildman–Crippen LogP) is 10.8. The largest absolute Gasteiger partial charge is 0.0616 e. The molecule has 0 fully saturated rings. The Bertz CT molecular complexity index is 2180. The van der Waals surface area contributed by atoms with Crippen LogP contribution in [0.25, 0.3) is 76.1 Å². The fourth-order valence-electron chi connectivity index (χ4n) is 6.40. The van der Waals surface area contributed by atoms with E-state index in [-0.39, 0.29) is 0 Å². The third-order valence-corrected chi connectivity index (χ3v) is 8.05. The van der Waals surface area contributed by atoms with E-state index < -0.39 is 0 Å². The molecule has 0 saturated carbocycles. The molecule has 0 unspecified atom stereocenters. The minimum absolute atomic E-state index is 1.26. The summed E-state index contributed by atoms with van der Waals surface area (Å²) in [4.78, 5) is 0. The van der Waals surface area contributed by atoms with Gasteiger partial charge in [0, 0.05) is 0 Å². The first-order valence-corrected chi connectivity index (χ1v) is 13.2. The fourth-order valence-corrected chi connectivity index (χ4v) is 6.40. The van der Waals surface area contributed by atoms with Crippen molar-refractivity contribution in [3.63, 3.8) is 0 Å². The monoisotopic (exact) mass is 480 g/mol. The maximum atomic E-state index is 2.44. The van der Waals surface area contributed by atoms with E-state index in [4.69, 9.17) is 0 Å². The van der Waals surface area contributed by atoms with Gasteiger partial charge in [0.05, 0.1) is 0 Å². The van der Waals surface area contributed by atoms with Crippen LogP contribution in [0.5, 0.6) is 0 Å². The summed E-state index contributed by atoms with van der Waals surface area (Å²) in [6, 6.07) is 53.3. The van der Waals surface area contributed by atoms with Gasteiger partial charge in [0.25, 0.3) is 0 Å². The molecular weight excluding hydrogens is 456 g/mol. The molecule has 8 rings (SSSR count). The van der Waals surface area contributed by atoms with Crippen molar-refractivity contribution in [2.75, 3.05) is 0 Å². The van der Waals surface area contributed by atoms with Gasteiger partial charge in [-0.2, -0.15) is 0 Å². The summed E-state index contributed by atoms with van der Waals surface area (Å²) in [6.45, 7) is 0. The lowest BCUT2D eigenvalue weighted by molar-refractivity contribution is 1.63. The molecule has 0 saturated heterocycles. The van der Waals surface area contributed by atoms with E-state index in [0.717, 1.165) is 0 Å². The standard InChI is InChI=1S/C38H24/c1-2-14-26-25(12-1)13-11-23-27(26)28-15-3-5-18-31(28)36-24-37-32-19-6-4-16-29(32)30-17-7-9-21-34(30)38(37)35-22-10-8-20-33(35)36/h1-24H. The van der Waals surface area contributed by atoms with Gasteiger partial charge in [-0.05, 0) is 82.2 Å².